The summed E-state index contributed by atoms with van der Waals surface area (Å²) in [4.78, 5) is 47.6. The molecule has 0 radical (unpaired) electrons. The summed E-state index contributed by atoms with van der Waals surface area (Å²) in [6.07, 6.45) is 6.53. The second kappa shape index (κ2) is 7.62. The van der Waals surface area contributed by atoms with Gasteiger partial charge in [-0.2, -0.15) is 9.78 Å². The molecule has 4 rings (SSSR count). The lowest BCUT2D eigenvalue weighted by molar-refractivity contribution is -0.142. The van der Waals surface area contributed by atoms with Crippen molar-refractivity contribution in [1.82, 2.24) is 24.6 Å². The zero-order valence-electron chi connectivity index (χ0n) is 17.5. The average molecular weight is 410 g/mol. The van der Waals surface area contributed by atoms with Gasteiger partial charge in [-0.3, -0.25) is 19.3 Å². The van der Waals surface area contributed by atoms with Gasteiger partial charge >= 0.3 is 0 Å². The van der Waals surface area contributed by atoms with E-state index in [-0.39, 0.29) is 35.6 Å². The number of amides is 3. The number of anilines is 1. The van der Waals surface area contributed by atoms with Crippen LogP contribution in [0.4, 0.5) is 5.82 Å². The van der Waals surface area contributed by atoms with Gasteiger partial charge in [0.1, 0.15) is 12.4 Å². The third kappa shape index (κ3) is 3.71. The Balaban J connectivity index is 1.55. The van der Waals surface area contributed by atoms with Crippen molar-refractivity contribution in [3.05, 3.63) is 30.2 Å². The molecular formula is C21H26N6O3. The molecule has 2 atom stereocenters. The first-order chi connectivity index (χ1) is 14.3. The van der Waals surface area contributed by atoms with Gasteiger partial charge in [0.25, 0.3) is 5.95 Å². The minimum absolute atomic E-state index is 0.227. The van der Waals surface area contributed by atoms with E-state index in [1.807, 2.05) is 20.8 Å². The first-order valence-electron chi connectivity index (χ1n) is 10.3. The van der Waals surface area contributed by atoms with Crippen LogP contribution in [-0.4, -0.2) is 48.9 Å². The second-order valence-corrected chi connectivity index (χ2v) is 8.93. The average Bonchev–Trinajstić information content (AvgIpc) is 3.24. The number of nitrogens with zero attached hydrogens (tertiary/aromatic N) is 5. The molecule has 2 fully saturated rings. The molecule has 0 spiro atoms. The number of carbonyl (C=O) groups is 3. The highest BCUT2D eigenvalue weighted by molar-refractivity contribution is 6.08. The summed E-state index contributed by atoms with van der Waals surface area (Å²) in [5.74, 6) is -0.724. The van der Waals surface area contributed by atoms with Gasteiger partial charge in [-0.05, 0) is 18.9 Å². The summed E-state index contributed by atoms with van der Waals surface area (Å²) >= 11 is 0. The van der Waals surface area contributed by atoms with Crippen LogP contribution in [0.15, 0.2) is 24.5 Å². The molecule has 2 aromatic heterocycles. The summed E-state index contributed by atoms with van der Waals surface area (Å²) in [5.41, 5.74) is 0.500. The van der Waals surface area contributed by atoms with Crippen LogP contribution in [-0.2, 0) is 19.8 Å². The minimum Gasteiger partial charge on any atom is -0.309 e. The van der Waals surface area contributed by atoms with E-state index < -0.39 is 5.91 Å². The molecule has 1 N–H and O–H groups in total. The Bertz CT molecular complexity index is 954. The predicted molar refractivity (Wildman–Crippen MR) is 109 cm³/mol. The van der Waals surface area contributed by atoms with Gasteiger partial charge in [-0.1, -0.05) is 33.6 Å². The van der Waals surface area contributed by atoms with E-state index in [2.05, 4.69) is 20.4 Å². The number of hydrogen-bond donors (Lipinski definition) is 1. The lowest BCUT2D eigenvalue weighted by Gasteiger charge is -2.19. The van der Waals surface area contributed by atoms with Crippen molar-refractivity contribution in [2.24, 2.45) is 11.8 Å². The van der Waals surface area contributed by atoms with Gasteiger partial charge in [0.2, 0.25) is 17.7 Å². The van der Waals surface area contributed by atoms with Crippen LogP contribution >= 0.6 is 0 Å². The zero-order chi connectivity index (χ0) is 21.5. The Kier molecular flexibility index (Phi) is 5.13. The highest BCUT2D eigenvalue weighted by Crippen LogP contribution is 2.37. The Morgan fingerprint density at radius 1 is 1.10 bits per heavy atom. The molecule has 0 bridgehead atoms. The van der Waals surface area contributed by atoms with Gasteiger partial charge in [0.15, 0.2) is 0 Å². The quantitative estimate of drug-likeness (QED) is 0.773. The molecular weight excluding hydrogens is 384 g/mol. The van der Waals surface area contributed by atoms with Crippen molar-refractivity contribution in [1.29, 1.82) is 0 Å². The fraction of sp³-hybridized carbons (Fsp3) is 0.524. The SMILES string of the molecule is CC(C)(C)c1cc(NC(=O)CN2C(=O)C3CCCCC3C2=O)n(-c2ncccn2)n1. The van der Waals surface area contributed by atoms with Gasteiger partial charge in [0.05, 0.1) is 17.5 Å². The van der Waals surface area contributed by atoms with Gasteiger partial charge in [0, 0.05) is 23.9 Å². The standard InChI is InChI=1S/C21H26N6O3/c1-21(2,3)15-11-16(27(25-15)20-22-9-6-10-23-20)24-17(28)12-26-18(29)13-7-4-5-8-14(13)19(26)30/h6,9-11,13-14H,4-5,7-8,12H2,1-3H3,(H,24,28). The third-order valence-corrected chi connectivity index (χ3v) is 5.72. The number of imide groups is 1. The molecule has 3 heterocycles. The minimum atomic E-state index is -0.451. The smallest absolute Gasteiger partial charge is 0.252 e. The highest BCUT2D eigenvalue weighted by Gasteiger charge is 2.48. The lowest BCUT2D eigenvalue weighted by Crippen LogP contribution is -2.38. The summed E-state index contributed by atoms with van der Waals surface area (Å²) < 4.78 is 1.46. The lowest BCUT2D eigenvalue weighted by atomic mass is 9.81. The van der Waals surface area contributed by atoms with Gasteiger partial charge < -0.3 is 5.32 Å². The van der Waals surface area contributed by atoms with Crippen LogP contribution in [0.3, 0.4) is 0 Å². The predicted octanol–water partition coefficient (Wildman–Crippen LogP) is 2.07. The fourth-order valence-corrected chi connectivity index (χ4v) is 4.10. The van der Waals surface area contributed by atoms with Crippen LogP contribution in [0.2, 0.25) is 0 Å². The summed E-state index contributed by atoms with van der Waals surface area (Å²) in [6, 6.07) is 3.46. The van der Waals surface area contributed by atoms with E-state index in [4.69, 9.17) is 0 Å². The van der Waals surface area contributed by atoms with Crippen molar-refractivity contribution in [3.63, 3.8) is 0 Å². The fourth-order valence-electron chi connectivity index (χ4n) is 4.10. The largest absolute Gasteiger partial charge is 0.309 e. The Hall–Kier alpha value is -3.10. The third-order valence-electron chi connectivity index (χ3n) is 5.72. The van der Waals surface area contributed by atoms with Crippen LogP contribution < -0.4 is 5.32 Å². The number of aromatic nitrogens is 4. The maximum Gasteiger partial charge on any atom is 0.252 e. The number of likely N-dealkylation sites (tertiary alicyclic amines) is 1. The Morgan fingerprint density at radius 2 is 1.70 bits per heavy atom. The normalized spacial score (nSPS) is 21.6. The van der Waals surface area contributed by atoms with Crippen molar-refractivity contribution < 1.29 is 14.4 Å². The maximum absolute atomic E-state index is 12.8. The van der Waals surface area contributed by atoms with Crippen LogP contribution in [0.5, 0.6) is 0 Å². The number of fused-ring (bicyclic) bond motifs is 1. The molecule has 9 nitrogen and oxygen atoms in total. The molecule has 158 valence electrons. The van der Waals surface area contributed by atoms with E-state index in [9.17, 15) is 14.4 Å². The molecule has 3 amide bonds. The summed E-state index contributed by atoms with van der Waals surface area (Å²) in [6.45, 7) is 5.75. The van der Waals surface area contributed by atoms with Crippen molar-refractivity contribution >= 4 is 23.5 Å². The van der Waals surface area contributed by atoms with Crippen LogP contribution in [0, 0.1) is 11.8 Å². The molecule has 1 aliphatic carbocycles. The number of rotatable bonds is 4. The van der Waals surface area contributed by atoms with Crippen molar-refractivity contribution in [2.75, 3.05) is 11.9 Å². The van der Waals surface area contributed by atoms with E-state index in [0.29, 0.717) is 11.8 Å². The summed E-state index contributed by atoms with van der Waals surface area (Å²) in [7, 11) is 0. The number of carbonyl (C=O) groups excluding carboxylic acids is 3. The molecule has 1 aliphatic heterocycles. The molecule has 2 aliphatic rings. The van der Waals surface area contributed by atoms with E-state index in [1.54, 1.807) is 24.5 Å². The molecule has 2 aromatic rings. The van der Waals surface area contributed by atoms with Crippen molar-refractivity contribution in [2.45, 2.75) is 51.9 Å². The topological polar surface area (TPSA) is 110 Å². The molecule has 1 saturated heterocycles. The van der Waals surface area contributed by atoms with E-state index in [1.165, 1.54) is 4.68 Å². The first kappa shape index (κ1) is 20.2. The monoisotopic (exact) mass is 410 g/mol. The highest BCUT2D eigenvalue weighted by atomic mass is 16.2. The van der Waals surface area contributed by atoms with Crippen molar-refractivity contribution in [3.8, 4) is 5.95 Å². The first-order valence-corrected chi connectivity index (χ1v) is 10.3. The van der Waals surface area contributed by atoms with E-state index >= 15 is 0 Å². The molecule has 1 saturated carbocycles. The number of hydrogen-bond acceptors (Lipinski definition) is 6. The molecule has 2 unspecified atom stereocenters. The second-order valence-electron chi connectivity index (χ2n) is 8.93. The molecule has 30 heavy (non-hydrogen) atoms. The maximum atomic E-state index is 12.8. The zero-order valence-corrected chi connectivity index (χ0v) is 17.5. The van der Waals surface area contributed by atoms with Crippen LogP contribution in [0.1, 0.15) is 52.1 Å². The molecule has 0 aromatic carbocycles. The molecule has 9 heteroatoms. The van der Waals surface area contributed by atoms with Crippen LogP contribution in [0.25, 0.3) is 5.95 Å². The Labute approximate surface area is 174 Å². The Morgan fingerprint density at radius 3 is 2.27 bits per heavy atom. The van der Waals surface area contributed by atoms with Gasteiger partial charge in [-0.15, -0.1) is 0 Å². The summed E-state index contributed by atoms with van der Waals surface area (Å²) in [5, 5.41) is 7.34. The number of nitrogens with one attached hydrogen (secondary N) is 1. The van der Waals surface area contributed by atoms with Gasteiger partial charge in [-0.25, -0.2) is 9.97 Å². The van der Waals surface area contributed by atoms with E-state index in [0.717, 1.165) is 36.3 Å².